The van der Waals surface area contributed by atoms with Crippen LogP contribution >= 0.6 is 0 Å². The summed E-state index contributed by atoms with van der Waals surface area (Å²) in [7, 11) is 0. The minimum atomic E-state index is 0.149. The Balaban J connectivity index is 1.81. The van der Waals surface area contributed by atoms with Crippen LogP contribution in [0.1, 0.15) is 22.7 Å². The summed E-state index contributed by atoms with van der Waals surface area (Å²) >= 11 is 0. The quantitative estimate of drug-likeness (QED) is 0.735. The molecular weight excluding hydrogens is 270 g/mol. The highest BCUT2D eigenvalue weighted by atomic mass is 16.3. The highest BCUT2D eigenvalue weighted by Crippen LogP contribution is 2.22. The van der Waals surface area contributed by atoms with Crippen molar-refractivity contribution in [1.82, 2.24) is 5.32 Å². The second-order valence-electron chi connectivity index (χ2n) is 5.30. The molecule has 2 nitrogen and oxygen atoms in total. The van der Waals surface area contributed by atoms with E-state index in [9.17, 15) is 5.11 Å². The number of rotatable bonds is 5. The van der Waals surface area contributed by atoms with E-state index in [0.29, 0.717) is 5.75 Å². The molecule has 0 bridgehead atoms. The van der Waals surface area contributed by atoms with Crippen molar-refractivity contribution < 1.29 is 5.11 Å². The van der Waals surface area contributed by atoms with Gasteiger partial charge in [-0.1, -0.05) is 72.8 Å². The third kappa shape index (κ3) is 3.54. The molecule has 22 heavy (non-hydrogen) atoms. The number of phenolic OH excluding ortho intramolecular Hbond substituents is 1. The first-order valence-corrected chi connectivity index (χ1v) is 7.44. The Hall–Kier alpha value is -2.58. The normalized spacial score (nSPS) is 10.8. The second-order valence-corrected chi connectivity index (χ2v) is 5.30. The highest BCUT2D eigenvalue weighted by Gasteiger charge is 2.12. The maximum absolute atomic E-state index is 9.37. The Morgan fingerprint density at radius 2 is 1.18 bits per heavy atom. The van der Waals surface area contributed by atoms with Gasteiger partial charge in [0, 0.05) is 6.54 Å². The van der Waals surface area contributed by atoms with Gasteiger partial charge in [-0.15, -0.1) is 0 Å². The van der Waals surface area contributed by atoms with E-state index in [2.05, 4.69) is 53.8 Å². The molecule has 0 radical (unpaired) electrons. The van der Waals surface area contributed by atoms with Crippen LogP contribution in [0.2, 0.25) is 0 Å². The molecule has 110 valence electrons. The first kappa shape index (κ1) is 14.4. The van der Waals surface area contributed by atoms with Crippen molar-refractivity contribution in [2.75, 3.05) is 0 Å². The van der Waals surface area contributed by atoms with Crippen LogP contribution in [0.5, 0.6) is 5.75 Å². The molecule has 0 aliphatic rings. The number of benzene rings is 3. The molecule has 0 aliphatic heterocycles. The molecule has 3 aromatic carbocycles. The molecular formula is C20H19NO. The van der Waals surface area contributed by atoms with Crippen LogP contribution in [-0.2, 0) is 6.54 Å². The molecule has 2 heteroatoms. The van der Waals surface area contributed by atoms with Gasteiger partial charge in [0.15, 0.2) is 0 Å². The first-order valence-electron chi connectivity index (χ1n) is 7.44. The molecule has 0 saturated carbocycles. The van der Waals surface area contributed by atoms with E-state index in [-0.39, 0.29) is 6.04 Å². The molecule has 3 aromatic rings. The van der Waals surface area contributed by atoms with Gasteiger partial charge in [-0.05, 0) is 28.8 Å². The van der Waals surface area contributed by atoms with Crippen LogP contribution in [0.15, 0.2) is 84.9 Å². The Morgan fingerprint density at radius 1 is 0.682 bits per heavy atom. The van der Waals surface area contributed by atoms with Crippen LogP contribution in [0.4, 0.5) is 0 Å². The van der Waals surface area contributed by atoms with Gasteiger partial charge in [0.05, 0.1) is 6.04 Å². The maximum Gasteiger partial charge on any atom is 0.115 e. The molecule has 3 rings (SSSR count). The number of hydrogen-bond donors (Lipinski definition) is 2. The van der Waals surface area contributed by atoms with E-state index < -0.39 is 0 Å². The first-order chi connectivity index (χ1) is 10.8. The van der Waals surface area contributed by atoms with Gasteiger partial charge in [0.25, 0.3) is 0 Å². The van der Waals surface area contributed by atoms with Crippen molar-refractivity contribution in [3.05, 3.63) is 102 Å². The van der Waals surface area contributed by atoms with Gasteiger partial charge in [-0.3, -0.25) is 0 Å². The smallest absolute Gasteiger partial charge is 0.115 e. The predicted molar refractivity (Wildman–Crippen MR) is 89.7 cm³/mol. The minimum absolute atomic E-state index is 0.149. The van der Waals surface area contributed by atoms with Crippen LogP contribution in [0.3, 0.4) is 0 Å². The molecule has 0 aliphatic carbocycles. The standard InChI is InChI=1S/C20H19NO/c22-19-13-11-16(12-14-19)15-21-20(17-7-3-1-4-8-17)18-9-5-2-6-10-18/h1-14,20-22H,15H2. The third-order valence-corrected chi connectivity index (χ3v) is 3.71. The second kappa shape index (κ2) is 6.92. The SMILES string of the molecule is Oc1ccc(CNC(c2ccccc2)c2ccccc2)cc1. The summed E-state index contributed by atoms with van der Waals surface area (Å²) in [6.07, 6.45) is 0. The van der Waals surface area contributed by atoms with Gasteiger partial charge in [0.2, 0.25) is 0 Å². The van der Waals surface area contributed by atoms with Crippen LogP contribution in [0.25, 0.3) is 0 Å². The monoisotopic (exact) mass is 289 g/mol. The average molecular weight is 289 g/mol. The van der Waals surface area contributed by atoms with Crippen molar-refractivity contribution in [2.45, 2.75) is 12.6 Å². The Bertz CT molecular complexity index is 653. The summed E-state index contributed by atoms with van der Waals surface area (Å²) in [4.78, 5) is 0. The van der Waals surface area contributed by atoms with Crippen LogP contribution < -0.4 is 5.32 Å². The van der Waals surface area contributed by atoms with Crippen LogP contribution in [0, 0.1) is 0 Å². The topological polar surface area (TPSA) is 32.3 Å². The average Bonchev–Trinajstić information content (AvgIpc) is 2.59. The fourth-order valence-electron chi connectivity index (χ4n) is 2.55. The van der Waals surface area contributed by atoms with E-state index in [1.54, 1.807) is 12.1 Å². The molecule has 0 atom stereocenters. The van der Waals surface area contributed by atoms with Crippen molar-refractivity contribution >= 4 is 0 Å². The summed E-state index contributed by atoms with van der Waals surface area (Å²) in [6, 6.07) is 28.3. The fourth-order valence-corrected chi connectivity index (χ4v) is 2.55. The van der Waals surface area contributed by atoms with Crippen molar-refractivity contribution in [3.63, 3.8) is 0 Å². The van der Waals surface area contributed by atoms with Gasteiger partial charge in [0.1, 0.15) is 5.75 Å². The maximum atomic E-state index is 9.37. The summed E-state index contributed by atoms with van der Waals surface area (Å²) < 4.78 is 0. The number of nitrogens with one attached hydrogen (secondary N) is 1. The molecule has 0 amide bonds. The van der Waals surface area contributed by atoms with E-state index >= 15 is 0 Å². The molecule has 0 spiro atoms. The summed E-state index contributed by atoms with van der Waals surface area (Å²) in [5, 5.41) is 13.0. The lowest BCUT2D eigenvalue weighted by Gasteiger charge is -2.20. The van der Waals surface area contributed by atoms with E-state index in [0.717, 1.165) is 12.1 Å². The number of phenols is 1. The third-order valence-electron chi connectivity index (χ3n) is 3.71. The fraction of sp³-hybridized carbons (Fsp3) is 0.100. The van der Waals surface area contributed by atoms with E-state index in [1.165, 1.54) is 11.1 Å². The van der Waals surface area contributed by atoms with Crippen LogP contribution in [-0.4, -0.2) is 5.11 Å². The van der Waals surface area contributed by atoms with E-state index in [1.807, 2.05) is 24.3 Å². The lowest BCUT2D eigenvalue weighted by molar-refractivity contribution is 0.475. The molecule has 0 heterocycles. The lowest BCUT2D eigenvalue weighted by atomic mass is 9.98. The summed E-state index contributed by atoms with van der Waals surface area (Å²) in [5.74, 6) is 0.298. The lowest BCUT2D eigenvalue weighted by Crippen LogP contribution is -2.21. The van der Waals surface area contributed by atoms with Gasteiger partial charge in [-0.2, -0.15) is 0 Å². The largest absolute Gasteiger partial charge is 0.508 e. The zero-order chi connectivity index (χ0) is 15.2. The molecule has 0 aromatic heterocycles. The molecule has 0 saturated heterocycles. The number of aromatic hydroxyl groups is 1. The van der Waals surface area contributed by atoms with Gasteiger partial charge >= 0.3 is 0 Å². The Kier molecular flexibility index (Phi) is 4.52. The number of hydrogen-bond acceptors (Lipinski definition) is 2. The predicted octanol–water partition coefficient (Wildman–Crippen LogP) is 4.27. The zero-order valence-corrected chi connectivity index (χ0v) is 12.3. The Labute approximate surface area is 131 Å². The van der Waals surface area contributed by atoms with E-state index in [4.69, 9.17) is 0 Å². The molecule has 0 fully saturated rings. The van der Waals surface area contributed by atoms with Crippen molar-refractivity contribution in [2.24, 2.45) is 0 Å². The summed E-state index contributed by atoms with van der Waals surface area (Å²) in [6.45, 7) is 0.745. The Morgan fingerprint density at radius 3 is 1.68 bits per heavy atom. The molecule has 0 unspecified atom stereocenters. The zero-order valence-electron chi connectivity index (χ0n) is 12.3. The summed E-state index contributed by atoms with van der Waals surface area (Å²) in [5.41, 5.74) is 3.63. The highest BCUT2D eigenvalue weighted by molar-refractivity contribution is 5.32. The van der Waals surface area contributed by atoms with Gasteiger partial charge < -0.3 is 10.4 Å². The van der Waals surface area contributed by atoms with Crippen molar-refractivity contribution in [3.8, 4) is 5.75 Å². The van der Waals surface area contributed by atoms with Crippen molar-refractivity contribution in [1.29, 1.82) is 0 Å². The minimum Gasteiger partial charge on any atom is -0.508 e. The molecule has 2 N–H and O–H groups in total. The van der Waals surface area contributed by atoms with Gasteiger partial charge in [-0.25, -0.2) is 0 Å².